The average molecular weight is 308 g/mol. The number of benzene rings is 1. The van der Waals surface area contributed by atoms with Crippen molar-refractivity contribution in [3.63, 3.8) is 0 Å². The molecule has 1 aliphatic carbocycles. The molecular weight excluding hydrogens is 292 g/mol. The highest BCUT2D eigenvalue weighted by molar-refractivity contribution is 7.92. The van der Waals surface area contributed by atoms with Gasteiger partial charge in [0, 0.05) is 5.56 Å². The third kappa shape index (κ3) is 2.53. The van der Waals surface area contributed by atoms with E-state index < -0.39 is 15.1 Å². The molecule has 1 aliphatic rings. The Morgan fingerprint density at radius 1 is 1.14 bits per heavy atom. The summed E-state index contributed by atoms with van der Waals surface area (Å²) in [7, 11) is -3.65. The lowest BCUT2D eigenvalue weighted by molar-refractivity contribution is -0.793. The summed E-state index contributed by atoms with van der Waals surface area (Å²) in [5, 5.41) is 14.6. The van der Waals surface area contributed by atoms with Gasteiger partial charge in [0.25, 0.3) is 0 Å². The second-order valence-corrected chi connectivity index (χ2v) is 7.40. The molecule has 6 nitrogen and oxygen atoms in total. The summed E-state index contributed by atoms with van der Waals surface area (Å²) in [6.07, 6.45) is 4.06. The molecule has 21 heavy (non-hydrogen) atoms. The Morgan fingerprint density at radius 3 is 2.48 bits per heavy atom. The predicted octanol–water partition coefficient (Wildman–Crippen LogP) is 2.08. The molecule has 1 saturated carbocycles. The van der Waals surface area contributed by atoms with E-state index >= 15 is 0 Å². The molecule has 0 radical (unpaired) electrons. The zero-order chi connectivity index (χ0) is 14.9. The molecule has 112 valence electrons. The Morgan fingerprint density at radius 2 is 1.81 bits per heavy atom. The highest BCUT2D eigenvalue weighted by Crippen LogP contribution is 2.31. The van der Waals surface area contributed by atoms with Crippen molar-refractivity contribution < 1.29 is 17.9 Å². The van der Waals surface area contributed by atoms with Gasteiger partial charge in [-0.15, -0.1) is 0 Å². The number of hydrogen-bond donors (Lipinski definition) is 0. The topological polar surface area (TPSA) is 87.1 Å². The van der Waals surface area contributed by atoms with Gasteiger partial charge in [-0.2, -0.15) is 0 Å². The lowest BCUT2D eigenvalue weighted by Gasteiger charge is -2.19. The third-order valence-electron chi connectivity index (χ3n) is 3.89. The second-order valence-electron chi connectivity index (χ2n) is 5.25. The number of nitrogens with zero attached hydrogens (tertiary/aromatic N) is 2. The first-order valence-corrected chi connectivity index (χ1v) is 8.54. The van der Waals surface area contributed by atoms with Crippen LogP contribution in [0.15, 0.2) is 40.0 Å². The van der Waals surface area contributed by atoms with Crippen molar-refractivity contribution in [2.75, 3.05) is 0 Å². The van der Waals surface area contributed by atoms with Crippen molar-refractivity contribution in [1.29, 1.82) is 0 Å². The van der Waals surface area contributed by atoms with Crippen LogP contribution in [0.4, 0.5) is 0 Å². The molecule has 3 rings (SSSR count). The number of sulfone groups is 1. The van der Waals surface area contributed by atoms with Gasteiger partial charge in [-0.05, 0) is 17.7 Å². The van der Waals surface area contributed by atoms with Crippen molar-refractivity contribution in [1.82, 2.24) is 5.16 Å². The summed E-state index contributed by atoms with van der Waals surface area (Å²) in [6, 6.07) is 8.60. The third-order valence-corrected chi connectivity index (χ3v) is 6.05. The van der Waals surface area contributed by atoms with E-state index in [4.69, 9.17) is 0 Å². The molecule has 1 aromatic carbocycles. The standard InChI is InChI=1S/C14H16N2O4S/c17-16-13(11-7-3-1-4-8-11)14(15-20-16)21(18,19)12-9-5-2-6-10-12/h1,3-4,7-8,12H,2,5-6,9-10H2. The minimum atomic E-state index is -3.65. The highest BCUT2D eigenvalue weighted by Gasteiger charge is 2.39. The van der Waals surface area contributed by atoms with E-state index in [2.05, 4.69) is 9.79 Å². The van der Waals surface area contributed by atoms with Gasteiger partial charge in [-0.25, -0.2) is 8.42 Å². The average Bonchev–Trinajstić information content (AvgIpc) is 2.91. The molecule has 2 aromatic rings. The number of aromatic nitrogens is 2. The van der Waals surface area contributed by atoms with Gasteiger partial charge in [-0.3, -0.25) is 4.63 Å². The van der Waals surface area contributed by atoms with Crippen LogP contribution in [0.1, 0.15) is 32.1 Å². The molecule has 0 N–H and O–H groups in total. The lowest BCUT2D eigenvalue weighted by Crippen LogP contribution is -2.29. The van der Waals surface area contributed by atoms with Crippen LogP contribution in [-0.2, 0) is 9.84 Å². The molecule has 7 heteroatoms. The molecule has 0 bridgehead atoms. The van der Waals surface area contributed by atoms with Crippen LogP contribution < -0.4 is 4.90 Å². The maximum absolute atomic E-state index is 12.7. The van der Waals surface area contributed by atoms with E-state index in [9.17, 15) is 13.6 Å². The molecule has 1 fully saturated rings. The molecule has 1 heterocycles. The van der Waals surface area contributed by atoms with Crippen molar-refractivity contribution in [2.24, 2.45) is 0 Å². The fourth-order valence-electron chi connectivity index (χ4n) is 2.78. The first-order chi connectivity index (χ1) is 10.1. The van der Waals surface area contributed by atoms with E-state index in [-0.39, 0.29) is 15.6 Å². The highest BCUT2D eigenvalue weighted by atomic mass is 32.2. The summed E-state index contributed by atoms with van der Waals surface area (Å²) in [5.74, 6) is 0. The largest absolute Gasteiger partial charge is 0.359 e. The zero-order valence-corrected chi connectivity index (χ0v) is 12.3. The van der Waals surface area contributed by atoms with E-state index in [0.29, 0.717) is 18.4 Å². The fourth-order valence-corrected chi connectivity index (χ4v) is 4.65. The Kier molecular flexibility index (Phi) is 3.67. The van der Waals surface area contributed by atoms with Crippen LogP contribution in [0.2, 0.25) is 0 Å². The van der Waals surface area contributed by atoms with Crippen molar-refractivity contribution in [2.45, 2.75) is 42.4 Å². The SMILES string of the molecule is O=S(=O)(c1no[n+]([O-])c1-c1ccccc1)C1CCCCC1. The smallest absolute Gasteiger partial charge is 0.339 e. The molecule has 0 amide bonds. The van der Waals surface area contributed by atoms with Gasteiger partial charge in [0.2, 0.25) is 15.5 Å². The first kappa shape index (κ1) is 14.1. The van der Waals surface area contributed by atoms with Crippen molar-refractivity contribution in [3.05, 3.63) is 35.5 Å². The van der Waals surface area contributed by atoms with Crippen LogP contribution in [0.25, 0.3) is 11.3 Å². The monoisotopic (exact) mass is 308 g/mol. The summed E-state index contributed by atoms with van der Waals surface area (Å²) in [6.45, 7) is 0. The minimum Gasteiger partial charge on any atom is -0.359 e. The quantitative estimate of drug-likeness (QED) is 0.810. The summed E-state index contributed by atoms with van der Waals surface area (Å²) < 4.78 is 30.0. The zero-order valence-electron chi connectivity index (χ0n) is 11.4. The van der Waals surface area contributed by atoms with Gasteiger partial charge in [0.05, 0.1) is 10.4 Å². The van der Waals surface area contributed by atoms with Crippen molar-refractivity contribution in [3.8, 4) is 11.3 Å². The van der Waals surface area contributed by atoms with E-state index in [1.165, 1.54) is 0 Å². The Labute approximate surface area is 122 Å². The van der Waals surface area contributed by atoms with Crippen LogP contribution in [0.3, 0.4) is 0 Å². The molecular formula is C14H16N2O4S. The number of hydrogen-bond acceptors (Lipinski definition) is 5. The van der Waals surface area contributed by atoms with Gasteiger partial charge in [0.1, 0.15) is 0 Å². The fraction of sp³-hybridized carbons (Fsp3) is 0.429. The lowest BCUT2D eigenvalue weighted by atomic mass is 10.0. The van der Waals surface area contributed by atoms with Crippen LogP contribution in [-0.4, -0.2) is 18.8 Å². The first-order valence-electron chi connectivity index (χ1n) is 7.00. The summed E-state index contributed by atoms with van der Waals surface area (Å²) in [5.41, 5.74) is 0.462. The van der Waals surface area contributed by atoms with Gasteiger partial charge >= 0.3 is 5.03 Å². The van der Waals surface area contributed by atoms with E-state index in [0.717, 1.165) is 19.3 Å². The molecule has 0 atom stereocenters. The van der Waals surface area contributed by atoms with Gasteiger partial charge in [0.15, 0.2) is 0 Å². The Balaban J connectivity index is 2.07. The van der Waals surface area contributed by atoms with E-state index in [1.54, 1.807) is 30.3 Å². The maximum atomic E-state index is 12.7. The second kappa shape index (κ2) is 5.48. The predicted molar refractivity (Wildman–Crippen MR) is 75.0 cm³/mol. The number of rotatable bonds is 3. The summed E-state index contributed by atoms with van der Waals surface area (Å²) >= 11 is 0. The van der Waals surface area contributed by atoms with Crippen LogP contribution in [0, 0.1) is 5.21 Å². The molecule has 0 aliphatic heterocycles. The molecule has 1 aromatic heterocycles. The Bertz CT molecular complexity index is 719. The van der Waals surface area contributed by atoms with E-state index in [1.807, 2.05) is 0 Å². The Hall–Kier alpha value is -1.89. The molecule has 0 spiro atoms. The van der Waals surface area contributed by atoms with Crippen molar-refractivity contribution >= 4 is 9.84 Å². The molecule has 0 unspecified atom stereocenters. The van der Waals surface area contributed by atoms with Crippen LogP contribution >= 0.6 is 0 Å². The molecule has 0 saturated heterocycles. The summed E-state index contributed by atoms with van der Waals surface area (Å²) in [4.78, 5) is 0.172. The minimum absolute atomic E-state index is 0.0267. The van der Waals surface area contributed by atoms with Gasteiger partial charge < -0.3 is 5.21 Å². The van der Waals surface area contributed by atoms with Crippen LogP contribution in [0.5, 0.6) is 0 Å². The maximum Gasteiger partial charge on any atom is 0.339 e. The van der Waals surface area contributed by atoms with Gasteiger partial charge in [-0.1, -0.05) is 49.6 Å². The normalized spacial score (nSPS) is 17.0.